The molecule has 4 nitrogen and oxygen atoms in total. The Hall–Kier alpha value is -1.42. The van der Waals surface area contributed by atoms with Crippen LogP contribution in [0.4, 0.5) is 0 Å². The van der Waals surface area contributed by atoms with E-state index < -0.39 is 6.61 Å². The average Bonchev–Trinajstić information content (AvgIpc) is 2.17. The zero-order valence-corrected chi connectivity index (χ0v) is 6.40. The van der Waals surface area contributed by atoms with Gasteiger partial charge in [-0.3, -0.25) is 4.79 Å². The lowest BCUT2D eigenvalue weighted by atomic mass is 10.0. The Bertz CT molecular complexity index is 276. The number of rotatable bonds is 2. The molecule has 0 aliphatic heterocycles. The van der Waals surface area contributed by atoms with E-state index in [1.807, 2.05) is 0 Å². The van der Waals surface area contributed by atoms with Gasteiger partial charge in [0.1, 0.15) is 6.61 Å². The lowest BCUT2D eigenvalue weighted by Crippen LogP contribution is -2.09. The number of hydrogen-bond donors (Lipinski definition) is 2. The molecule has 0 spiro atoms. The van der Waals surface area contributed by atoms with Crippen LogP contribution in [-0.4, -0.2) is 28.4 Å². The van der Waals surface area contributed by atoms with E-state index in [9.17, 15) is 4.79 Å². The smallest absolute Gasteiger partial charge is 0.187 e. The van der Waals surface area contributed by atoms with Crippen molar-refractivity contribution in [3.05, 3.63) is 23.8 Å². The Balaban J connectivity index is 2.70. The lowest BCUT2D eigenvalue weighted by Gasteiger charge is -2.04. The molecule has 0 amide bonds. The molecule has 0 aromatic rings. The minimum atomic E-state index is -0.484. The standard InChI is InChI=1S/C8H9NO3/c10-5-8(11)6-1-3-7(9-12)4-2-6/h1-3,10,12H,4-5H2. The van der Waals surface area contributed by atoms with Gasteiger partial charge in [-0.05, 0) is 12.2 Å². The summed E-state index contributed by atoms with van der Waals surface area (Å²) in [7, 11) is 0. The highest BCUT2D eigenvalue weighted by Crippen LogP contribution is 2.08. The minimum Gasteiger partial charge on any atom is -0.411 e. The molecule has 4 heteroatoms. The fourth-order valence-electron chi connectivity index (χ4n) is 0.909. The number of aliphatic hydroxyl groups excluding tert-OH is 1. The molecule has 0 saturated carbocycles. The molecule has 0 saturated heterocycles. The summed E-state index contributed by atoms with van der Waals surface area (Å²) in [6.45, 7) is -0.484. The summed E-state index contributed by atoms with van der Waals surface area (Å²) in [5.74, 6) is -0.316. The summed E-state index contributed by atoms with van der Waals surface area (Å²) in [6, 6.07) is 0. The zero-order valence-electron chi connectivity index (χ0n) is 6.40. The van der Waals surface area contributed by atoms with E-state index in [4.69, 9.17) is 10.3 Å². The maximum atomic E-state index is 10.9. The van der Waals surface area contributed by atoms with Gasteiger partial charge in [-0.25, -0.2) is 0 Å². The van der Waals surface area contributed by atoms with E-state index in [1.165, 1.54) is 6.08 Å². The van der Waals surface area contributed by atoms with Crippen LogP contribution in [0.1, 0.15) is 6.42 Å². The summed E-state index contributed by atoms with van der Waals surface area (Å²) in [5, 5.41) is 19.8. The second kappa shape index (κ2) is 3.82. The van der Waals surface area contributed by atoms with E-state index >= 15 is 0 Å². The number of hydrogen-bond acceptors (Lipinski definition) is 4. The van der Waals surface area contributed by atoms with E-state index in [-0.39, 0.29) is 5.78 Å². The zero-order chi connectivity index (χ0) is 8.97. The fourth-order valence-corrected chi connectivity index (χ4v) is 0.909. The predicted molar refractivity (Wildman–Crippen MR) is 43.2 cm³/mol. The van der Waals surface area contributed by atoms with Gasteiger partial charge in [0, 0.05) is 12.0 Å². The summed E-state index contributed by atoms with van der Waals surface area (Å²) >= 11 is 0. The predicted octanol–water partition coefficient (Wildman–Crippen LogP) is 0.264. The number of nitrogens with zero attached hydrogens (tertiary/aromatic N) is 1. The van der Waals surface area contributed by atoms with Gasteiger partial charge in [0.05, 0.1) is 5.71 Å². The molecule has 64 valence electrons. The lowest BCUT2D eigenvalue weighted by molar-refractivity contribution is -0.117. The summed E-state index contributed by atoms with van der Waals surface area (Å²) in [5.41, 5.74) is 0.967. The molecule has 0 radical (unpaired) electrons. The normalized spacial score (nSPS) is 19.4. The van der Waals surface area contributed by atoms with Crippen molar-refractivity contribution in [1.82, 2.24) is 0 Å². The first-order valence-corrected chi connectivity index (χ1v) is 3.51. The molecule has 0 fully saturated rings. The van der Waals surface area contributed by atoms with E-state index in [0.717, 1.165) is 0 Å². The number of Topliss-reactive ketones (excluding diaryl/α,β-unsaturated/α-hetero) is 1. The Morgan fingerprint density at radius 1 is 1.58 bits per heavy atom. The van der Waals surface area contributed by atoms with Crippen molar-refractivity contribution >= 4 is 11.5 Å². The molecule has 0 aromatic heterocycles. The topological polar surface area (TPSA) is 69.9 Å². The first kappa shape index (κ1) is 8.67. The van der Waals surface area contributed by atoms with Gasteiger partial charge in [0.15, 0.2) is 5.78 Å². The highest BCUT2D eigenvalue weighted by molar-refractivity contribution is 6.05. The first-order chi connectivity index (χ1) is 5.77. The van der Waals surface area contributed by atoms with Crippen molar-refractivity contribution < 1.29 is 15.1 Å². The Morgan fingerprint density at radius 2 is 2.33 bits per heavy atom. The fraction of sp³-hybridized carbons (Fsp3) is 0.250. The third kappa shape index (κ3) is 1.79. The number of oxime groups is 1. The van der Waals surface area contributed by atoms with Crippen LogP contribution in [0.3, 0.4) is 0 Å². The molecule has 12 heavy (non-hydrogen) atoms. The van der Waals surface area contributed by atoms with E-state index in [0.29, 0.717) is 17.7 Å². The van der Waals surface area contributed by atoms with Crippen LogP contribution in [0.2, 0.25) is 0 Å². The second-order valence-corrected chi connectivity index (χ2v) is 2.37. The molecule has 1 rings (SSSR count). The second-order valence-electron chi connectivity index (χ2n) is 2.37. The van der Waals surface area contributed by atoms with Crippen molar-refractivity contribution in [1.29, 1.82) is 0 Å². The number of aliphatic hydroxyl groups is 1. The molecule has 0 bridgehead atoms. The Morgan fingerprint density at radius 3 is 2.75 bits per heavy atom. The van der Waals surface area contributed by atoms with Gasteiger partial charge in [0.2, 0.25) is 0 Å². The molecular formula is C8H9NO3. The van der Waals surface area contributed by atoms with Gasteiger partial charge in [-0.2, -0.15) is 0 Å². The van der Waals surface area contributed by atoms with E-state index in [2.05, 4.69) is 5.16 Å². The SMILES string of the molecule is O=C(CO)C1=CCC(=NO)C=C1. The van der Waals surface area contributed by atoms with Gasteiger partial charge in [-0.1, -0.05) is 11.2 Å². The van der Waals surface area contributed by atoms with Crippen molar-refractivity contribution in [2.45, 2.75) is 6.42 Å². The van der Waals surface area contributed by atoms with Gasteiger partial charge in [0.25, 0.3) is 0 Å². The molecular weight excluding hydrogens is 158 g/mol. The van der Waals surface area contributed by atoms with Gasteiger partial charge >= 0.3 is 0 Å². The maximum Gasteiger partial charge on any atom is 0.187 e. The summed E-state index contributed by atoms with van der Waals surface area (Å²) in [4.78, 5) is 10.9. The Kier molecular flexibility index (Phi) is 2.76. The summed E-state index contributed by atoms with van der Waals surface area (Å²) < 4.78 is 0. The third-order valence-electron chi connectivity index (χ3n) is 1.58. The minimum absolute atomic E-state index is 0.316. The van der Waals surface area contributed by atoms with Crippen LogP contribution in [0.15, 0.2) is 29.0 Å². The maximum absolute atomic E-state index is 10.9. The molecule has 2 N–H and O–H groups in total. The van der Waals surface area contributed by atoms with Gasteiger partial charge < -0.3 is 10.3 Å². The van der Waals surface area contributed by atoms with Crippen molar-refractivity contribution in [2.24, 2.45) is 5.16 Å². The number of carbonyl (C=O) groups is 1. The monoisotopic (exact) mass is 167 g/mol. The highest BCUT2D eigenvalue weighted by Gasteiger charge is 2.08. The number of carbonyl (C=O) groups excluding carboxylic acids is 1. The number of allylic oxidation sites excluding steroid dienone is 3. The van der Waals surface area contributed by atoms with Crippen molar-refractivity contribution in [3.8, 4) is 0 Å². The van der Waals surface area contributed by atoms with Gasteiger partial charge in [-0.15, -0.1) is 0 Å². The third-order valence-corrected chi connectivity index (χ3v) is 1.58. The average molecular weight is 167 g/mol. The molecule has 0 aromatic carbocycles. The molecule has 1 aliphatic rings. The highest BCUT2D eigenvalue weighted by atomic mass is 16.4. The summed E-state index contributed by atoms with van der Waals surface area (Å²) in [6.07, 6.45) is 5.11. The van der Waals surface area contributed by atoms with E-state index in [1.54, 1.807) is 12.2 Å². The number of ketones is 1. The van der Waals surface area contributed by atoms with Crippen molar-refractivity contribution in [3.63, 3.8) is 0 Å². The van der Waals surface area contributed by atoms with Crippen LogP contribution in [-0.2, 0) is 4.79 Å². The van der Waals surface area contributed by atoms with Crippen LogP contribution in [0, 0.1) is 0 Å². The largest absolute Gasteiger partial charge is 0.411 e. The molecule has 1 aliphatic carbocycles. The molecule has 0 atom stereocenters. The van der Waals surface area contributed by atoms with Crippen LogP contribution >= 0.6 is 0 Å². The molecule has 0 heterocycles. The molecule has 0 unspecified atom stereocenters. The van der Waals surface area contributed by atoms with Crippen LogP contribution < -0.4 is 0 Å². The van der Waals surface area contributed by atoms with Crippen LogP contribution in [0.25, 0.3) is 0 Å². The Labute approximate surface area is 69.5 Å². The van der Waals surface area contributed by atoms with Crippen molar-refractivity contribution in [2.75, 3.05) is 6.61 Å². The van der Waals surface area contributed by atoms with Crippen LogP contribution in [0.5, 0.6) is 0 Å². The quantitative estimate of drug-likeness (QED) is 0.458. The first-order valence-electron chi connectivity index (χ1n) is 3.51.